The van der Waals surface area contributed by atoms with Crippen molar-refractivity contribution in [3.8, 4) is 0 Å². The van der Waals surface area contributed by atoms with E-state index in [-0.39, 0.29) is 5.41 Å². The smallest absolute Gasteiger partial charge is 0.229 e. The van der Waals surface area contributed by atoms with E-state index in [1.54, 1.807) is 0 Å². The lowest BCUT2D eigenvalue weighted by atomic mass is 9.49. The Hall–Kier alpha value is -0.0500. The number of hydrogen-bond acceptors (Lipinski definition) is 1. The van der Waals surface area contributed by atoms with Crippen LogP contribution in [0.2, 0.25) is 0 Å². The third kappa shape index (κ3) is 2.80. The predicted octanol–water partition coefficient (Wildman–Crippen LogP) is 4.61. The minimum Gasteiger partial charge on any atom is -0.338 e. The lowest BCUT2D eigenvalue weighted by molar-refractivity contribution is -0.160. The first-order valence-electron chi connectivity index (χ1n) is 8.99. The predicted molar refractivity (Wildman–Crippen MR) is 90.5 cm³/mol. The molecule has 21 heavy (non-hydrogen) atoms. The largest absolute Gasteiger partial charge is 0.338 e. The number of carbonyl (C=O) groups is 1. The van der Waals surface area contributed by atoms with Crippen LogP contribution in [0.3, 0.4) is 0 Å². The van der Waals surface area contributed by atoms with Crippen LogP contribution in [0, 0.1) is 23.2 Å². The molecule has 2 nitrogen and oxygen atoms in total. The van der Waals surface area contributed by atoms with Crippen LogP contribution >= 0.6 is 15.9 Å². The minimum atomic E-state index is 0.0273. The fraction of sp³-hybridized carbons (Fsp3) is 0.944. The van der Waals surface area contributed by atoms with Gasteiger partial charge in [0.15, 0.2) is 0 Å². The monoisotopic (exact) mass is 355 g/mol. The van der Waals surface area contributed by atoms with E-state index in [2.05, 4.69) is 34.7 Å². The summed E-state index contributed by atoms with van der Waals surface area (Å²) in [6, 6.07) is 0.433. The van der Waals surface area contributed by atoms with Gasteiger partial charge in [0.1, 0.15) is 0 Å². The van der Waals surface area contributed by atoms with Gasteiger partial charge in [0, 0.05) is 17.9 Å². The van der Waals surface area contributed by atoms with Crippen LogP contribution in [-0.4, -0.2) is 28.7 Å². The first-order valence-corrected chi connectivity index (χ1v) is 10.1. The average Bonchev–Trinajstić information content (AvgIpc) is 2.45. The summed E-state index contributed by atoms with van der Waals surface area (Å²) in [5.74, 6) is 3.07. The number of hydrogen-bond donors (Lipinski definition) is 0. The molecule has 0 aliphatic heterocycles. The van der Waals surface area contributed by atoms with E-state index in [1.165, 1.54) is 38.5 Å². The summed E-state index contributed by atoms with van der Waals surface area (Å²) in [7, 11) is 0. The molecule has 1 amide bonds. The molecule has 0 aromatic carbocycles. The third-order valence-electron chi connectivity index (χ3n) is 6.46. The summed E-state index contributed by atoms with van der Waals surface area (Å²) in [5, 5.41) is 0.904. The highest BCUT2D eigenvalue weighted by Crippen LogP contribution is 2.60. The van der Waals surface area contributed by atoms with Crippen molar-refractivity contribution in [1.29, 1.82) is 0 Å². The Morgan fingerprint density at radius 3 is 1.95 bits per heavy atom. The average molecular weight is 356 g/mol. The molecule has 3 heteroatoms. The van der Waals surface area contributed by atoms with Crippen molar-refractivity contribution >= 4 is 21.8 Å². The lowest BCUT2D eigenvalue weighted by Crippen LogP contribution is -2.56. The van der Waals surface area contributed by atoms with Crippen molar-refractivity contribution in [2.75, 3.05) is 11.9 Å². The van der Waals surface area contributed by atoms with Crippen LogP contribution in [0.15, 0.2) is 0 Å². The Labute approximate surface area is 138 Å². The van der Waals surface area contributed by atoms with Crippen LogP contribution in [0.5, 0.6) is 0 Å². The highest BCUT2D eigenvalue weighted by Gasteiger charge is 2.55. The summed E-state index contributed by atoms with van der Waals surface area (Å²) in [6.07, 6.45) is 9.98. The topological polar surface area (TPSA) is 20.3 Å². The Kier molecular flexibility index (Phi) is 4.69. The van der Waals surface area contributed by atoms with Gasteiger partial charge in [-0.05, 0) is 69.1 Å². The fourth-order valence-electron chi connectivity index (χ4n) is 5.95. The van der Waals surface area contributed by atoms with Crippen molar-refractivity contribution < 1.29 is 4.79 Å². The van der Waals surface area contributed by atoms with Gasteiger partial charge < -0.3 is 4.90 Å². The second kappa shape index (κ2) is 6.22. The highest BCUT2D eigenvalue weighted by molar-refractivity contribution is 9.09. The van der Waals surface area contributed by atoms with E-state index in [0.717, 1.165) is 42.5 Å². The van der Waals surface area contributed by atoms with E-state index < -0.39 is 0 Å². The maximum absolute atomic E-state index is 13.5. The second-order valence-electron chi connectivity index (χ2n) is 7.86. The molecule has 0 atom stereocenters. The molecular weight excluding hydrogens is 326 g/mol. The normalized spacial score (nSPS) is 37.2. The molecule has 4 saturated carbocycles. The first kappa shape index (κ1) is 15.8. The number of alkyl halides is 1. The zero-order valence-electron chi connectivity index (χ0n) is 13.6. The Bertz CT molecular complexity index is 355. The lowest BCUT2D eigenvalue weighted by Gasteiger charge is -2.57. The van der Waals surface area contributed by atoms with Gasteiger partial charge in [-0.2, -0.15) is 0 Å². The van der Waals surface area contributed by atoms with Crippen LogP contribution in [0.4, 0.5) is 0 Å². The zero-order chi connectivity index (χ0) is 15.0. The van der Waals surface area contributed by atoms with Crippen molar-refractivity contribution in [3.63, 3.8) is 0 Å². The first-order chi connectivity index (χ1) is 10.1. The molecule has 4 rings (SSSR count). The summed E-state index contributed by atoms with van der Waals surface area (Å²) in [4.78, 5) is 15.7. The highest BCUT2D eigenvalue weighted by atomic mass is 79.9. The number of amides is 1. The molecule has 0 saturated heterocycles. The molecule has 0 aromatic rings. The summed E-state index contributed by atoms with van der Waals surface area (Å²) >= 11 is 3.56. The maximum Gasteiger partial charge on any atom is 0.229 e. The molecule has 4 bridgehead atoms. The van der Waals surface area contributed by atoms with E-state index in [1.807, 2.05) is 0 Å². The number of rotatable bonds is 6. The summed E-state index contributed by atoms with van der Waals surface area (Å²) in [6.45, 7) is 5.33. The second-order valence-corrected chi connectivity index (χ2v) is 8.65. The molecule has 0 N–H and O–H groups in total. The molecule has 0 heterocycles. The molecule has 4 aliphatic carbocycles. The van der Waals surface area contributed by atoms with E-state index in [4.69, 9.17) is 0 Å². The van der Waals surface area contributed by atoms with Gasteiger partial charge in [-0.1, -0.05) is 29.8 Å². The van der Waals surface area contributed by atoms with Gasteiger partial charge in [-0.15, -0.1) is 0 Å². The van der Waals surface area contributed by atoms with Gasteiger partial charge >= 0.3 is 0 Å². The Balaban J connectivity index is 1.82. The van der Waals surface area contributed by atoms with Crippen LogP contribution in [-0.2, 0) is 4.79 Å². The van der Waals surface area contributed by atoms with Gasteiger partial charge in [-0.3, -0.25) is 4.79 Å². The van der Waals surface area contributed by atoms with Crippen molar-refractivity contribution in [1.82, 2.24) is 4.90 Å². The van der Waals surface area contributed by atoms with E-state index in [0.29, 0.717) is 11.9 Å². The fourth-order valence-corrected chi connectivity index (χ4v) is 6.33. The SMILES string of the molecule is CCC(CC)N(CCBr)C(=O)C12CC3CC(CC(C3)C1)C2. The Morgan fingerprint density at radius 2 is 1.57 bits per heavy atom. The van der Waals surface area contributed by atoms with Crippen LogP contribution < -0.4 is 0 Å². The standard InChI is InChI=1S/C18H30BrNO/c1-3-16(4-2)20(6-5-19)17(21)18-10-13-7-14(11-18)9-15(8-13)12-18/h13-16H,3-12H2,1-2H3. The van der Waals surface area contributed by atoms with Crippen molar-refractivity contribution in [2.45, 2.75) is 71.3 Å². The number of halogens is 1. The van der Waals surface area contributed by atoms with E-state index >= 15 is 0 Å². The zero-order valence-corrected chi connectivity index (χ0v) is 15.2. The molecule has 0 unspecified atom stereocenters. The Morgan fingerprint density at radius 1 is 1.10 bits per heavy atom. The number of carbonyl (C=O) groups excluding carboxylic acids is 1. The summed E-state index contributed by atoms with van der Waals surface area (Å²) < 4.78 is 0. The molecule has 0 aromatic heterocycles. The van der Waals surface area contributed by atoms with Crippen LogP contribution in [0.25, 0.3) is 0 Å². The molecule has 0 spiro atoms. The van der Waals surface area contributed by atoms with Crippen molar-refractivity contribution in [2.24, 2.45) is 23.2 Å². The quantitative estimate of drug-likeness (QED) is 0.636. The van der Waals surface area contributed by atoms with Gasteiger partial charge in [0.05, 0.1) is 5.41 Å². The molecule has 120 valence electrons. The van der Waals surface area contributed by atoms with Gasteiger partial charge in [-0.25, -0.2) is 0 Å². The third-order valence-corrected chi connectivity index (χ3v) is 6.82. The summed E-state index contributed by atoms with van der Waals surface area (Å²) in [5.41, 5.74) is 0.0273. The maximum atomic E-state index is 13.5. The minimum absolute atomic E-state index is 0.0273. The van der Waals surface area contributed by atoms with Gasteiger partial charge in [0.25, 0.3) is 0 Å². The van der Waals surface area contributed by atoms with Crippen molar-refractivity contribution in [3.05, 3.63) is 0 Å². The molecule has 4 aliphatic rings. The van der Waals surface area contributed by atoms with Crippen LogP contribution in [0.1, 0.15) is 65.2 Å². The molecule has 0 radical (unpaired) electrons. The number of nitrogens with zero attached hydrogens (tertiary/aromatic N) is 1. The molecular formula is C18H30BrNO. The van der Waals surface area contributed by atoms with E-state index in [9.17, 15) is 4.79 Å². The van der Waals surface area contributed by atoms with Gasteiger partial charge in [0.2, 0.25) is 5.91 Å². The molecule has 4 fully saturated rings.